The number of aromatic nitrogens is 1. The van der Waals surface area contributed by atoms with Crippen molar-refractivity contribution in [2.24, 2.45) is 5.92 Å². The van der Waals surface area contributed by atoms with Crippen molar-refractivity contribution in [3.63, 3.8) is 0 Å². The third-order valence-electron chi connectivity index (χ3n) is 6.10. The summed E-state index contributed by atoms with van der Waals surface area (Å²) in [5.74, 6) is 0.680. The Labute approximate surface area is 172 Å². The van der Waals surface area contributed by atoms with Crippen molar-refractivity contribution in [2.75, 3.05) is 32.7 Å². The normalized spacial score (nSPS) is 21.1. The lowest BCUT2D eigenvalue weighted by molar-refractivity contribution is -0.121. The quantitative estimate of drug-likeness (QED) is 0.707. The zero-order valence-corrected chi connectivity index (χ0v) is 17.5. The molecule has 1 aromatic rings. The predicted molar refractivity (Wildman–Crippen MR) is 110 cm³/mol. The number of rotatable bonds is 7. The van der Waals surface area contributed by atoms with Gasteiger partial charge < -0.3 is 10.2 Å². The standard InChI is InChI=1S/C21H31ClN4O2/c1-2-25-11-3-4-18(25)15-24-20(27)6-5-16-8-12-26(13-9-16)21(28)17-7-10-23-19(22)14-17/h7,10,14,16,18H,2-6,8-9,11-13,15H2,1H3,(H,24,27)/t18-/m1/s1. The highest BCUT2D eigenvalue weighted by Crippen LogP contribution is 2.23. The molecule has 1 aromatic heterocycles. The Morgan fingerprint density at radius 2 is 2.04 bits per heavy atom. The minimum atomic E-state index is 0.0116. The number of hydrogen-bond acceptors (Lipinski definition) is 4. The molecule has 3 rings (SSSR count). The van der Waals surface area contributed by atoms with Gasteiger partial charge in [0.2, 0.25) is 5.91 Å². The number of hydrogen-bond donors (Lipinski definition) is 1. The maximum Gasteiger partial charge on any atom is 0.254 e. The van der Waals surface area contributed by atoms with E-state index in [2.05, 4.69) is 22.1 Å². The molecule has 28 heavy (non-hydrogen) atoms. The van der Waals surface area contributed by atoms with Crippen LogP contribution < -0.4 is 5.32 Å². The smallest absolute Gasteiger partial charge is 0.254 e. The summed E-state index contributed by atoms with van der Waals surface area (Å²) >= 11 is 5.88. The van der Waals surface area contributed by atoms with Crippen LogP contribution in [-0.4, -0.2) is 65.4 Å². The number of amides is 2. The van der Waals surface area contributed by atoms with E-state index in [4.69, 9.17) is 11.6 Å². The van der Waals surface area contributed by atoms with E-state index in [0.717, 1.165) is 52.0 Å². The van der Waals surface area contributed by atoms with Crippen LogP contribution in [0.3, 0.4) is 0 Å². The fourth-order valence-corrected chi connectivity index (χ4v) is 4.51. The van der Waals surface area contributed by atoms with E-state index in [1.165, 1.54) is 12.8 Å². The minimum absolute atomic E-state index is 0.0116. The van der Waals surface area contributed by atoms with Gasteiger partial charge in [0, 0.05) is 43.9 Å². The number of halogens is 1. The zero-order valence-electron chi connectivity index (χ0n) is 16.7. The molecule has 0 radical (unpaired) electrons. The van der Waals surface area contributed by atoms with Crippen LogP contribution in [0.4, 0.5) is 0 Å². The lowest BCUT2D eigenvalue weighted by atomic mass is 9.91. The summed E-state index contributed by atoms with van der Waals surface area (Å²) in [6, 6.07) is 3.82. The topological polar surface area (TPSA) is 65.5 Å². The fourth-order valence-electron chi connectivity index (χ4n) is 4.34. The van der Waals surface area contributed by atoms with Crippen LogP contribution in [-0.2, 0) is 4.79 Å². The van der Waals surface area contributed by atoms with Gasteiger partial charge in [-0.15, -0.1) is 0 Å². The number of likely N-dealkylation sites (tertiary alicyclic amines) is 2. The Balaban J connectivity index is 1.35. The molecule has 2 aliphatic rings. The zero-order chi connectivity index (χ0) is 19.9. The summed E-state index contributed by atoms with van der Waals surface area (Å²) in [5.41, 5.74) is 0.589. The summed E-state index contributed by atoms with van der Waals surface area (Å²) in [4.78, 5) is 33.0. The first kappa shape index (κ1) is 21.1. The molecule has 0 aliphatic carbocycles. The van der Waals surface area contributed by atoms with Gasteiger partial charge in [-0.2, -0.15) is 0 Å². The van der Waals surface area contributed by atoms with Crippen molar-refractivity contribution in [3.05, 3.63) is 29.0 Å². The van der Waals surface area contributed by atoms with Crippen LogP contribution in [0.2, 0.25) is 5.15 Å². The molecule has 0 spiro atoms. The van der Waals surface area contributed by atoms with Crippen molar-refractivity contribution in [3.8, 4) is 0 Å². The maximum atomic E-state index is 12.6. The van der Waals surface area contributed by atoms with Gasteiger partial charge in [0.05, 0.1) is 0 Å². The predicted octanol–water partition coefficient (Wildman–Crippen LogP) is 2.97. The molecule has 1 N–H and O–H groups in total. The summed E-state index contributed by atoms with van der Waals surface area (Å²) in [7, 11) is 0. The lowest BCUT2D eigenvalue weighted by Gasteiger charge is -2.32. The first-order chi connectivity index (χ1) is 13.6. The van der Waals surface area contributed by atoms with Crippen LogP contribution in [0.5, 0.6) is 0 Å². The number of nitrogens with one attached hydrogen (secondary N) is 1. The van der Waals surface area contributed by atoms with E-state index < -0.39 is 0 Å². The van der Waals surface area contributed by atoms with Crippen LogP contribution in [0.15, 0.2) is 18.3 Å². The van der Waals surface area contributed by atoms with Crippen LogP contribution in [0.25, 0.3) is 0 Å². The van der Waals surface area contributed by atoms with Crippen molar-refractivity contribution in [2.45, 2.75) is 51.5 Å². The Bertz CT molecular complexity index is 676. The molecule has 2 amide bonds. The van der Waals surface area contributed by atoms with Gasteiger partial charge in [-0.25, -0.2) is 4.98 Å². The first-order valence-electron chi connectivity index (χ1n) is 10.5. The molecule has 0 unspecified atom stereocenters. The lowest BCUT2D eigenvalue weighted by Crippen LogP contribution is -2.40. The van der Waals surface area contributed by atoms with E-state index in [1.54, 1.807) is 18.3 Å². The highest BCUT2D eigenvalue weighted by Gasteiger charge is 2.25. The number of carbonyl (C=O) groups is 2. The summed E-state index contributed by atoms with van der Waals surface area (Å²) < 4.78 is 0. The van der Waals surface area contributed by atoms with Crippen molar-refractivity contribution in [1.82, 2.24) is 20.1 Å². The Morgan fingerprint density at radius 1 is 1.25 bits per heavy atom. The average Bonchev–Trinajstić information content (AvgIpc) is 3.18. The largest absolute Gasteiger partial charge is 0.355 e. The Morgan fingerprint density at radius 3 is 2.75 bits per heavy atom. The maximum absolute atomic E-state index is 12.6. The molecule has 3 heterocycles. The molecule has 154 valence electrons. The van der Waals surface area contributed by atoms with E-state index in [-0.39, 0.29) is 11.8 Å². The van der Waals surface area contributed by atoms with Crippen LogP contribution >= 0.6 is 11.6 Å². The van der Waals surface area contributed by atoms with Gasteiger partial charge >= 0.3 is 0 Å². The van der Waals surface area contributed by atoms with Gasteiger partial charge in [-0.1, -0.05) is 18.5 Å². The molecule has 0 bridgehead atoms. The SMILES string of the molecule is CCN1CCC[C@@H]1CNC(=O)CCC1CCN(C(=O)c2ccnc(Cl)c2)CC1. The molecule has 2 fully saturated rings. The second kappa shape index (κ2) is 10.2. The van der Waals surface area contributed by atoms with Crippen LogP contribution in [0.1, 0.15) is 55.8 Å². The van der Waals surface area contributed by atoms with Gasteiger partial charge in [0.25, 0.3) is 5.91 Å². The highest BCUT2D eigenvalue weighted by atomic mass is 35.5. The third kappa shape index (κ3) is 5.67. The Kier molecular flexibility index (Phi) is 7.68. The van der Waals surface area contributed by atoms with Crippen molar-refractivity contribution in [1.29, 1.82) is 0 Å². The average molecular weight is 407 g/mol. The molecular formula is C21H31ClN4O2. The molecule has 2 saturated heterocycles. The number of piperidine rings is 1. The molecular weight excluding hydrogens is 376 g/mol. The number of pyridine rings is 1. The van der Waals surface area contributed by atoms with E-state index >= 15 is 0 Å². The molecule has 6 nitrogen and oxygen atoms in total. The first-order valence-corrected chi connectivity index (χ1v) is 10.9. The second-order valence-electron chi connectivity index (χ2n) is 7.87. The van der Waals surface area contributed by atoms with Gasteiger partial charge in [-0.3, -0.25) is 14.5 Å². The van der Waals surface area contributed by atoms with Gasteiger partial charge in [0.15, 0.2) is 0 Å². The highest BCUT2D eigenvalue weighted by molar-refractivity contribution is 6.29. The molecule has 2 aliphatic heterocycles. The molecule has 0 aromatic carbocycles. The van der Waals surface area contributed by atoms with Crippen LogP contribution in [0, 0.1) is 5.92 Å². The van der Waals surface area contributed by atoms with E-state index in [1.807, 2.05) is 4.90 Å². The third-order valence-corrected chi connectivity index (χ3v) is 6.30. The molecule has 1 atom stereocenters. The van der Waals surface area contributed by atoms with E-state index in [9.17, 15) is 9.59 Å². The van der Waals surface area contributed by atoms with Gasteiger partial charge in [0.1, 0.15) is 5.15 Å². The van der Waals surface area contributed by atoms with Gasteiger partial charge in [-0.05, 0) is 63.2 Å². The Hall–Kier alpha value is -1.66. The number of nitrogens with zero attached hydrogens (tertiary/aromatic N) is 3. The van der Waals surface area contributed by atoms with Crippen molar-refractivity contribution < 1.29 is 9.59 Å². The summed E-state index contributed by atoms with van der Waals surface area (Å²) in [6.45, 7) is 6.63. The second-order valence-corrected chi connectivity index (χ2v) is 8.26. The summed E-state index contributed by atoms with van der Waals surface area (Å²) in [6.07, 6.45) is 7.36. The number of carbonyl (C=O) groups excluding carboxylic acids is 2. The van der Waals surface area contributed by atoms with E-state index in [0.29, 0.717) is 29.1 Å². The summed E-state index contributed by atoms with van der Waals surface area (Å²) in [5, 5.41) is 3.46. The minimum Gasteiger partial charge on any atom is -0.355 e. The fraction of sp³-hybridized carbons (Fsp3) is 0.667. The number of likely N-dealkylation sites (N-methyl/N-ethyl adjacent to an activating group) is 1. The molecule has 0 saturated carbocycles. The van der Waals surface area contributed by atoms with Crippen molar-refractivity contribution >= 4 is 23.4 Å². The molecule has 7 heteroatoms. The monoisotopic (exact) mass is 406 g/mol.